The maximum Gasteiger partial charge on any atom is 0.225 e. The number of anilines is 1. The predicted octanol–water partition coefficient (Wildman–Crippen LogP) is 0.855. The molecular weight excluding hydrogens is 192 g/mol. The Bertz CT molecular complexity index is 337. The lowest BCUT2D eigenvalue weighted by atomic mass is 10.1. The molecule has 0 aliphatic heterocycles. The van der Waals surface area contributed by atoms with E-state index in [1.165, 1.54) is 0 Å². The van der Waals surface area contributed by atoms with Gasteiger partial charge in [-0.25, -0.2) is 0 Å². The molecule has 0 fully saturated rings. The van der Waals surface area contributed by atoms with Gasteiger partial charge in [0, 0.05) is 23.7 Å². The smallest absolute Gasteiger partial charge is 0.225 e. The van der Waals surface area contributed by atoms with Crippen LogP contribution in [-0.4, -0.2) is 17.1 Å². The summed E-state index contributed by atoms with van der Waals surface area (Å²) in [5.74, 6) is -0.133. The van der Waals surface area contributed by atoms with Crippen LogP contribution in [0, 0.1) is 0 Å². The van der Waals surface area contributed by atoms with Gasteiger partial charge in [-0.3, -0.25) is 4.79 Å². The van der Waals surface area contributed by atoms with Crippen LogP contribution in [0.3, 0.4) is 0 Å². The minimum absolute atomic E-state index is 0.0887. The fourth-order valence-corrected chi connectivity index (χ4v) is 1.27. The predicted molar refractivity (Wildman–Crippen MR) is 59.3 cm³/mol. The maximum absolute atomic E-state index is 11.4. The number of para-hydroxylation sites is 1. The molecule has 4 N–H and O–H groups in total. The van der Waals surface area contributed by atoms with E-state index in [9.17, 15) is 4.79 Å². The molecule has 0 aliphatic carbocycles. The van der Waals surface area contributed by atoms with Crippen molar-refractivity contribution in [3.8, 4) is 0 Å². The van der Waals surface area contributed by atoms with E-state index in [0.717, 1.165) is 0 Å². The largest absolute Gasteiger partial charge is 0.392 e. The van der Waals surface area contributed by atoms with Crippen LogP contribution in [0.4, 0.5) is 5.69 Å². The third-order valence-electron chi connectivity index (χ3n) is 1.97. The Morgan fingerprint density at radius 1 is 1.53 bits per heavy atom. The molecular formula is C11H16N2O2. The Labute approximate surface area is 89.1 Å². The number of rotatable bonds is 4. The lowest BCUT2D eigenvalue weighted by Gasteiger charge is -2.10. The van der Waals surface area contributed by atoms with Crippen molar-refractivity contribution in [3.05, 3.63) is 29.8 Å². The molecule has 1 unspecified atom stereocenters. The summed E-state index contributed by atoms with van der Waals surface area (Å²) in [6.45, 7) is 1.69. The first-order valence-electron chi connectivity index (χ1n) is 4.87. The van der Waals surface area contributed by atoms with Crippen molar-refractivity contribution in [1.29, 1.82) is 0 Å². The summed E-state index contributed by atoms with van der Waals surface area (Å²) < 4.78 is 0. The zero-order valence-electron chi connectivity index (χ0n) is 8.73. The molecule has 1 rings (SSSR count). The first kappa shape index (κ1) is 11.7. The highest BCUT2D eigenvalue weighted by atomic mass is 16.3. The Hall–Kier alpha value is -1.39. The second-order valence-electron chi connectivity index (χ2n) is 3.54. The summed E-state index contributed by atoms with van der Waals surface area (Å²) in [6, 6.07) is 6.98. The molecule has 1 aromatic carbocycles. The summed E-state index contributed by atoms with van der Waals surface area (Å²) in [7, 11) is 0. The minimum Gasteiger partial charge on any atom is -0.392 e. The quantitative estimate of drug-likeness (QED) is 0.686. The van der Waals surface area contributed by atoms with Crippen LogP contribution in [0.25, 0.3) is 0 Å². The summed E-state index contributed by atoms with van der Waals surface area (Å²) in [5.41, 5.74) is 6.86. The Balaban J connectivity index is 2.67. The van der Waals surface area contributed by atoms with Crippen molar-refractivity contribution in [3.63, 3.8) is 0 Å². The monoisotopic (exact) mass is 208 g/mol. The van der Waals surface area contributed by atoms with Crippen molar-refractivity contribution in [2.75, 3.05) is 5.32 Å². The van der Waals surface area contributed by atoms with Crippen molar-refractivity contribution in [2.24, 2.45) is 5.73 Å². The third kappa shape index (κ3) is 3.69. The molecule has 0 radical (unpaired) electrons. The molecule has 4 nitrogen and oxygen atoms in total. The molecule has 0 aromatic heterocycles. The van der Waals surface area contributed by atoms with E-state index in [1.807, 2.05) is 6.07 Å². The van der Waals surface area contributed by atoms with Crippen LogP contribution in [-0.2, 0) is 11.4 Å². The Kier molecular flexibility index (Phi) is 4.27. The van der Waals surface area contributed by atoms with E-state index >= 15 is 0 Å². The van der Waals surface area contributed by atoms with E-state index in [0.29, 0.717) is 11.3 Å². The molecule has 0 aliphatic rings. The SMILES string of the molecule is CC(N)CC(=O)Nc1ccccc1CO. The zero-order valence-corrected chi connectivity index (χ0v) is 8.73. The number of nitrogens with two attached hydrogens (primary N) is 1. The molecule has 0 bridgehead atoms. The van der Waals surface area contributed by atoms with Gasteiger partial charge in [-0.15, -0.1) is 0 Å². The van der Waals surface area contributed by atoms with Crippen LogP contribution in [0.2, 0.25) is 0 Å². The molecule has 0 heterocycles. The first-order chi connectivity index (χ1) is 7.13. The molecule has 0 saturated carbocycles. The van der Waals surface area contributed by atoms with E-state index in [-0.39, 0.29) is 25.0 Å². The van der Waals surface area contributed by atoms with Crippen LogP contribution < -0.4 is 11.1 Å². The van der Waals surface area contributed by atoms with Gasteiger partial charge in [-0.1, -0.05) is 18.2 Å². The van der Waals surface area contributed by atoms with E-state index in [2.05, 4.69) is 5.32 Å². The van der Waals surface area contributed by atoms with E-state index in [4.69, 9.17) is 10.8 Å². The van der Waals surface area contributed by atoms with Crippen LogP contribution in [0.5, 0.6) is 0 Å². The molecule has 1 atom stereocenters. The van der Waals surface area contributed by atoms with Crippen molar-refractivity contribution < 1.29 is 9.90 Å². The second-order valence-corrected chi connectivity index (χ2v) is 3.54. The number of hydrogen-bond donors (Lipinski definition) is 3. The van der Waals surface area contributed by atoms with Gasteiger partial charge in [0.15, 0.2) is 0 Å². The van der Waals surface area contributed by atoms with Gasteiger partial charge in [0.25, 0.3) is 0 Å². The second kappa shape index (κ2) is 5.48. The average Bonchev–Trinajstić information content (AvgIpc) is 2.17. The number of aliphatic hydroxyl groups is 1. The van der Waals surface area contributed by atoms with Gasteiger partial charge in [-0.2, -0.15) is 0 Å². The minimum atomic E-state index is -0.161. The van der Waals surface area contributed by atoms with Crippen LogP contribution in [0.15, 0.2) is 24.3 Å². The summed E-state index contributed by atoms with van der Waals surface area (Å²) >= 11 is 0. The number of nitrogens with one attached hydrogen (secondary N) is 1. The summed E-state index contributed by atoms with van der Waals surface area (Å²) in [5, 5.41) is 11.8. The lowest BCUT2D eigenvalue weighted by Crippen LogP contribution is -2.24. The van der Waals surface area contributed by atoms with Crippen LogP contribution >= 0.6 is 0 Å². The standard InChI is InChI=1S/C11H16N2O2/c1-8(12)6-11(15)13-10-5-3-2-4-9(10)7-14/h2-5,8,14H,6-7,12H2,1H3,(H,13,15). The average molecular weight is 208 g/mol. The molecule has 0 saturated heterocycles. The third-order valence-corrected chi connectivity index (χ3v) is 1.97. The summed E-state index contributed by atoms with van der Waals surface area (Å²) in [6.07, 6.45) is 0.278. The highest BCUT2D eigenvalue weighted by molar-refractivity contribution is 5.91. The summed E-state index contributed by atoms with van der Waals surface area (Å²) in [4.78, 5) is 11.4. The topological polar surface area (TPSA) is 75.4 Å². The molecule has 82 valence electrons. The number of hydrogen-bond acceptors (Lipinski definition) is 3. The van der Waals surface area contributed by atoms with Gasteiger partial charge in [0.1, 0.15) is 0 Å². The first-order valence-corrected chi connectivity index (χ1v) is 4.87. The van der Waals surface area contributed by atoms with Crippen LogP contribution in [0.1, 0.15) is 18.9 Å². The van der Waals surface area contributed by atoms with E-state index in [1.54, 1.807) is 25.1 Å². The highest BCUT2D eigenvalue weighted by Gasteiger charge is 2.07. The number of benzene rings is 1. The van der Waals surface area contributed by atoms with E-state index < -0.39 is 0 Å². The molecule has 4 heteroatoms. The number of aliphatic hydroxyl groups excluding tert-OH is 1. The normalized spacial score (nSPS) is 12.2. The zero-order chi connectivity index (χ0) is 11.3. The molecule has 15 heavy (non-hydrogen) atoms. The van der Waals surface area contributed by atoms with Crippen molar-refractivity contribution in [2.45, 2.75) is 26.0 Å². The molecule has 1 amide bonds. The fourth-order valence-electron chi connectivity index (χ4n) is 1.27. The number of amides is 1. The molecule has 1 aromatic rings. The number of carbonyl (C=O) groups excluding carboxylic acids is 1. The highest BCUT2D eigenvalue weighted by Crippen LogP contribution is 2.14. The van der Waals surface area contributed by atoms with Crippen molar-refractivity contribution >= 4 is 11.6 Å². The molecule has 0 spiro atoms. The van der Waals surface area contributed by atoms with Gasteiger partial charge >= 0.3 is 0 Å². The maximum atomic E-state index is 11.4. The lowest BCUT2D eigenvalue weighted by molar-refractivity contribution is -0.116. The Morgan fingerprint density at radius 2 is 2.20 bits per heavy atom. The van der Waals surface area contributed by atoms with Gasteiger partial charge < -0.3 is 16.2 Å². The fraction of sp³-hybridized carbons (Fsp3) is 0.364. The number of carbonyl (C=O) groups is 1. The van der Waals surface area contributed by atoms with Gasteiger partial charge in [-0.05, 0) is 13.0 Å². The Morgan fingerprint density at radius 3 is 2.80 bits per heavy atom. The van der Waals surface area contributed by atoms with Crippen molar-refractivity contribution in [1.82, 2.24) is 0 Å². The van der Waals surface area contributed by atoms with Gasteiger partial charge in [0.2, 0.25) is 5.91 Å². The van der Waals surface area contributed by atoms with Gasteiger partial charge in [0.05, 0.1) is 6.61 Å².